The third-order valence-corrected chi connectivity index (χ3v) is 2.43. The Hall–Kier alpha value is -1.13. The number of benzene rings is 1. The highest BCUT2D eigenvalue weighted by Gasteiger charge is 2.31. The Balaban J connectivity index is 3.04. The maximum Gasteiger partial charge on any atom is 0.133 e. The van der Waals surface area contributed by atoms with Crippen LogP contribution in [-0.4, -0.2) is 24.9 Å². The molecule has 1 atom stereocenters. The SMILES string of the molecule is COc1cccc(F)c1C(C)(O)COC(C)C. The van der Waals surface area contributed by atoms with Crippen LogP contribution < -0.4 is 4.74 Å². The smallest absolute Gasteiger partial charge is 0.133 e. The van der Waals surface area contributed by atoms with Crippen molar-refractivity contribution in [3.8, 4) is 5.75 Å². The molecule has 3 nitrogen and oxygen atoms in total. The van der Waals surface area contributed by atoms with E-state index in [0.29, 0.717) is 5.75 Å². The predicted molar refractivity (Wildman–Crippen MR) is 63.6 cm³/mol. The van der Waals surface area contributed by atoms with Crippen LogP contribution in [0.5, 0.6) is 5.75 Å². The van der Waals surface area contributed by atoms with Gasteiger partial charge in [0.1, 0.15) is 17.2 Å². The summed E-state index contributed by atoms with van der Waals surface area (Å²) in [6.45, 7) is 5.24. The Morgan fingerprint density at radius 1 is 1.41 bits per heavy atom. The molecule has 0 radical (unpaired) electrons. The second-order valence-electron chi connectivity index (χ2n) is 4.45. The fourth-order valence-corrected chi connectivity index (χ4v) is 1.60. The Bertz CT molecular complexity index is 375. The zero-order valence-electron chi connectivity index (χ0n) is 10.7. The summed E-state index contributed by atoms with van der Waals surface area (Å²) < 4.78 is 24.2. The van der Waals surface area contributed by atoms with Gasteiger partial charge in [0, 0.05) is 0 Å². The molecule has 0 saturated heterocycles. The monoisotopic (exact) mass is 242 g/mol. The van der Waals surface area contributed by atoms with E-state index in [9.17, 15) is 9.50 Å². The molecule has 0 spiro atoms. The summed E-state index contributed by atoms with van der Waals surface area (Å²) in [6, 6.07) is 4.45. The summed E-state index contributed by atoms with van der Waals surface area (Å²) in [5.41, 5.74) is -1.29. The molecular formula is C13H19FO3. The molecular weight excluding hydrogens is 223 g/mol. The van der Waals surface area contributed by atoms with Gasteiger partial charge in [-0.25, -0.2) is 4.39 Å². The standard InChI is InChI=1S/C13H19FO3/c1-9(2)17-8-13(3,15)12-10(14)6-5-7-11(12)16-4/h5-7,9,15H,8H2,1-4H3. The van der Waals surface area contributed by atoms with Gasteiger partial charge in [0.2, 0.25) is 0 Å². The van der Waals surface area contributed by atoms with E-state index in [1.165, 1.54) is 26.2 Å². The van der Waals surface area contributed by atoms with Gasteiger partial charge >= 0.3 is 0 Å². The van der Waals surface area contributed by atoms with Gasteiger partial charge < -0.3 is 14.6 Å². The van der Waals surface area contributed by atoms with Crippen LogP contribution in [0.2, 0.25) is 0 Å². The summed E-state index contributed by atoms with van der Waals surface area (Å²) in [7, 11) is 1.44. The number of hydrogen-bond donors (Lipinski definition) is 1. The van der Waals surface area contributed by atoms with E-state index in [4.69, 9.17) is 9.47 Å². The lowest BCUT2D eigenvalue weighted by atomic mass is 9.95. The summed E-state index contributed by atoms with van der Waals surface area (Å²) in [5.74, 6) is -0.177. The first kappa shape index (κ1) is 13.9. The molecule has 0 amide bonds. The average Bonchev–Trinajstić information content (AvgIpc) is 2.25. The van der Waals surface area contributed by atoms with Crippen molar-refractivity contribution in [1.82, 2.24) is 0 Å². The lowest BCUT2D eigenvalue weighted by Crippen LogP contribution is -2.31. The van der Waals surface area contributed by atoms with Crippen molar-refractivity contribution in [1.29, 1.82) is 0 Å². The van der Waals surface area contributed by atoms with Crippen LogP contribution in [0.4, 0.5) is 4.39 Å². The Morgan fingerprint density at radius 3 is 2.59 bits per heavy atom. The van der Waals surface area contributed by atoms with Gasteiger partial charge in [0.15, 0.2) is 0 Å². The zero-order chi connectivity index (χ0) is 13.1. The number of ether oxygens (including phenoxy) is 2. The van der Waals surface area contributed by atoms with Crippen LogP contribution in [-0.2, 0) is 10.3 Å². The molecule has 0 aliphatic rings. The lowest BCUT2D eigenvalue weighted by molar-refractivity contribution is -0.0602. The van der Waals surface area contributed by atoms with Crippen LogP contribution in [0.3, 0.4) is 0 Å². The van der Waals surface area contributed by atoms with Crippen molar-refractivity contribution < 1.29 is 19.0 Å². The van der Waals surface area contributed by atoms with E-state index in [1.54, 1.807) is 6.07 Å². The average molecular weight is 242 g/mol. The minimum absolute atomic E-state index is 0.0158. The fraction of sp³-hybridized carbons (Fsp3) is 0.538. The van der Waals surface area contributed by atoms with E-state index in [2.05, 4.69) is 0 Å². The van der Waals surface area contributed by atoms with Crippen molar-refractivity contribution in [3.05, 3.63) is 29.6 Å². The summed E-state index contributed by atoms with van der Waals surface area (Å²) >= 11 is 0. The summed E-state index contributed by atoms with van der Waals surface area (Å²) in [6.07, 6.45) is -0.0285. The molecule has 96 valence electrons. The Labute approximate surface area is 101 Å². The van der Waals surface area contributed by atoms with Gasteiger partial charge in [0.05, 0.1) is 25.4 Å². The van der Waals surface area contributed by atoms with Gasteiger partial charge in [-0.05, 0) is 32.9 Å². The highest BCUT2D eigenvalue weighted by Crippen LogP contribution is 2.32. The number of methoxy groups -OCH3 is 1. The number of halogens is 1. The molecule has 17 heavy (non-hydrogen) atoms. The van der Waals surface area contributed by atoms with E-state index in [1.807, 2.05) is 13.8 Å². The van der Waals surface area contributed by atoms with E-state index >= 15 is 0 Å². The largest absolute Gasteiger partial charge is 0.496 e. The van der Waals surface area contributed by atoms with Crippen molar-refractivity contribution in [2.24, 2.45) is 0 Å². The normalized spacial score (nSPS) is 14.8. The molecule has 0 fully saturated rings. The molecule has 0 saturated carbocycles. The molecule has 0 aliphatic heterocycles. The van der Waals surface area contributed by atoms with Crippen molar-refractivity contribution in [2.45, 2.75) is 32.5 Å². The first-order valence-electron chi connectivity index (χ1n) is 5.55. The minimum Gasteiger partial charge on any atom is -0.496 e. The molecule has 1 rings (SSSR count). The number of aliphatic hydroxyl groups is 1. The molecule has 1 aromatic rings. The molecule has 0 heterocycles. The molecule has 4 heteroatoms. The summed E-state index contributed by atoms with van der Waals surface area (Å²) in [4.78, 5) is 0. The second kappa shape index (κ2) is 5.47. The van der Waals surface area contributed by atoms with E-state index in [0.717, 1.165) is 0 Å². The maximum absolute atomic E-state index is 13.8. The molecule has 1 aromatic carbocycles. The lowest BCUT2D eigenvalue weighted by Gasteiger charge is -2.26. The number of hydrogen-bond acceptors (Lipinski definition) is 3. The van der Waals surface area contributed by atoms with Crippen molar-refractivity contribution in [2.75, 3.05) is 13.7 Å². The quantitative estimate of drug-likeness (QED) is 0.862. The van der Waals surface area contributed by atoms with Crippen LogP contribution in [0.15, 0.2) is 18.2 Å². The number of rotatable bonds is 5. The van der Waals surface area contributed by atoms with E-state index in [-0.39, 0.29) is 18.3 Å². The first-order chi connectivity index (χ1) is 7.88. The van der Waals surface area contributed by atoms with Gasteiger partial charge in [-0.15, -0.1) is 0 Å². The second-order valence-corrected chi connectivity index (χ2v) is 4.45. The van der Waals surface area contributed by atoms with Crippen LogP contribution in [0, 0.1) is 5.82 Å². The topological polar surface area (TPSA) is 38.7 Å². The third kappa shape index (κ3) is 3.41. The summed E-state index contributed by atoms with van der Waals surface area (Å²) in [5, 5.41) is 10.3. The zero-order valence-corrected chi connectivity index (χ0v) is 10.7. The Morgan fingerprint density at radius 2 is 2.06 bits per heavy atom. The van der Waals surface area contributed by atoms with Crippen LogP contribution >= 0.6 is 0 Å². The van der Waals surface area contributed by atoms with Crippen molar-refractivity contribution in [3.63, 3.8) is 0 Å². The molecule has 0 aromatic heterocycles. The van der Waals surface area contributed by atoms with Gasteiger partial charge in [-0.3, -0.25) is 0 Å². The predicted octanol–water partition coefficient (Wildman–Crippen LogP) is 2.47. The first-order valence-corrected chi connectivity index (χ1v) is 5.55. The van der Waals surface area contributed by atoms with Crippen molar-refractivity contribution >= 4 is 0 Å². The van der Waals surface area contributed by atoms with Crippen LogP contribution in [0.1, 0.15) is 26.3 Å². The highest BCUT2D eigenvalue weighted by molar-refractivity contribution is 5.38. The fourth-order valence-electron chi connectivity index (χ4n) is 1.60. The van der Waals surface area contributed by atoms with Gasteiger partial charge in [0.25, 0.3) is 0 Å². The third-order valence-electron chi connectivity index (χ3n) is 2.43. The highest BCUT2D eigenvalue weighted by atomic mass is 19.1. The van der Waals surface area contributed by atoms with Gasteiger partial charge in [-0.2, -0.15) is 0 Å². The molecule has 1 unspecified atom stereocenters. The van der Waals surface area contributed by atoms with E-state index < -0.39 is 11.4 Å². The molecule has 1 N–H and O–H groups in total. The Kier molecular flexibility index (Phi) is 4.48. The molecule has 0 bridgehead atoms. The van der Waals surface area contributed by atoms with Crippen LogP contribution in [0.25, 0.3) is 0 Å². The molecule has 0 aliphatic carbocycles. The minimum atomic E-state index is -1.42. The maximum atomic E-state index is 13.8. The van der Waals surface area contributed by atoms with Gasteiger partial charge in [-0.1, -0.05) is 6.07 Å².